The average Bonchev–Trinajstić information content (AvgIpc) is 2.39. The quantitative estimate of drug-likeness (QED) is 0.787. The SMILES string of the molecule is Cc1cc(Br)ccc1N1CC(=O)CC1(C)C. The molecule has 16 heavy (non-hydrogen) atoms. The number of anilines is 1. The molecule has 0 bridgehead atoms. The summed E-state index contributed by atoms with van der Waals surface area (Å²) in [7, 11) is 0. The third-order valence-corrected chi connectivity index (χ3v) is 3.64. The van der Waals surface area contributed by atoms with Crippen molar-refractivity contribution in [3.05, 3.63) is 28.2 Å². The van der Waals surface area contributed by atoms with Gasteiger partial charge in [0, 0.05) is 22.1 Å². The van der Waals surface area contributed by atoms with Crippen LogP contribution in [-0.4, -0.2) is 17.9 Å². The summed E-state index contributed by atoms with van der Waals surface area (Å²) in [6.45, 7) is 6.87. The molecule has 0 aromatic heterocycles. The molecule has 0 aliphatic carbocycles. The fourth-order valence-corrected chi connectivity index (χ4v) is 2.83. The standard InChI is InChI=1S/C13H16BrNO/c1-9-6-10(14)4-5-12(9)15-8-11(16)7-13(15,2)3/h4-6H,7-8H2,1-3H3. The smallest absolute Gasteiger partial charge is 0.154 e. The number of carbonyl (C=O) groups is 1. The number of ketones is 1. The van der Waals surface area contributed by atoms with E-state index < -0.39 is 0 Å². The van der Waals surface area contributed by atoms with Crippen molar-refractivity contribution in [1.29, 1.82) is 0 Å². The lowest BCUT2D eigenvalue weighted by atomic mass is 10.0. The van der Waals surface area contributed by atoms with Gasteiger partial charge in [0.1, 0.15) is 0 Å². The molecule has 3 heteroatoms. The molecule has 0 radical (unpaired) electrons. The normalized spacial score (nSPS) is 19.2. The lowest BCUT2D eigenvalue weighted by molar-refractivity contribution is -0.116. The molecule has 0 atom stereocenters. The highest BCUT2D eigenvalue weighted by Crippen LogP contribution is 2.34. The second-order valence-corrected chi connectivity index (χ2v) is 5.96. The number of halogens is 1. The van der Waals surface area contributed by atoms with Crippen LogP contribution in [0.25, 0.3) is 0 Å². The predicted octanol–water partition coefficient (Wildman–Crippen LogP) is 3.32. The molecule has 2 nitrogen and oxygen atoms in total. The van der Waals surface area contributed by atoms with Crippen LogP contribution in [-0.2, 0) is 4.79 Å². The van der Waals surface area contributed by atoms with Crippen LogP contribution in [0.2, 0.25) is 0 Å². The third kappa shape index (κ3) is 2.01. The molecule has 0 spiro atoms. The van der Waals surface area contributed by atoms with E-state index in [2.05, 4.69) is 53.7 Å². The number of aryl methyl sites for hydroxylation is 1. The van der Waals surface area contributed by atoms with Crippen LogP contribution in [0.15, 0.2) is 22.7 Å². The maximum atomic E-state index is 11.6. The Hall–Kier alpha value is -0.830. The Bertz CT molecular complexity index is 440. The first-order chi connectivity index (χ1) is 7.40. The van der Waals surface area contributed by atoms with Gasteiger partial charge in [-0.05, 0) is 44.5 Å². The number of hydrogen-bond acceptors (Lipinski definition) is 2. The van der Waals surface area contributed by atoms with Crippen molar-refractivity contribution < 1.29 is 4.79 Å². The first-order valence-electron chi connectivity index (χ1n) is 5.46. The Labute approximate surface area is 105 Å². The minimum absolute atomic E-state index is 0.0598. The maximum Gasteiger partial charge on any atom is 0.154 e. The van der Waals surface area contributed by atoms with Gasteiger partial charge in [0.15, 0.2) is 5.78 Å². The number of carbonyl (C=O) groups excluding carboxylic acids is 1. The highest BCUT2D eigenvalue weighted by molar-refractivity contribution is 9.10. The Morgan fingerprint density at radius 3 is 2.56 bits per heavy atom. The van der Waals surface area contributed by atoms with Crippen molar-refractivity contribution >= 4 is 27.4 Å². The molecule has 1 aliphatic heterocycles. The van der Waals surface area contributed by atoms with Gasteiger partial charge in [-0.25, -0.2) is 0 Å². The summed E-state index contributed by atoms with van der Waals surface area (Å²) in [4.78, 5) is 13.8. The van der Waals surface area contributed by atoms with Crippen LogP contribution in [0.4, 0.5) is 5.69 Å². The van der Waals surface area contributed by atoms with Crippen molar-refractivity contribution in [3.63, 3.8) is 0 Å². The van der Waals surface area contributed by atoms with E-state index >= 15 is 0 Å². The zero-order valence-electron chi connectivity index (χ0n) is 9.88. The molecule has 1 saturated heterocycles. The minimum atomic E-state index is -0.0598. The van der Waals surface area contributed by atoms with Crippen LogP contribution in [0.3, 0.4) is 0 Å². The fourth-order valence-electron chi connectivity index (χ4n) is 2.36. The van der Waals surface area contributed by atoms with E-state index in [0.29, 0.717) is 18.7 Å². The summed E-state index contributed by atoms with van der Waals surface area (Å²) in [6.07, 6.45) is 0.641. The lowest BCUT2D eigenvalue weighted by Gasteiger charge is -2.33. The van der Waals surface area contributed by atoms with Gasteiger partial charge >= 0.3 is 0 Å². The molecule has 0 N–H and O–H groups in total. The molecule has 1 aliphatic rings. The van der Waals surface area contributed by atoms with Gasteiger partial charge in [-0.3, -0.25) is 4.79 Å². The van der Waals surface area contributed by atoms with E-state index in [1.807, 2.05) is 6.07 Å². The fraction of sp³-hybridized carbons (Fsp3) is 0.462. The third-order valence-electron chi connectivity index (χ3n) is 3.14. The van der Waals surface area contributed by atoms with Gasteiger partial charge in [0.2, 0.25) is 0 Å². The summed E-state index contributed by atoms with van der Waals surface area (Å²) in [5, 5.41) is 0. The summed E-state index contributed by atoms with van der Waals surface area (Å²) in [5.74, 6) is 0.326. The second kappa shape index (κ2) is 3.88. The van der Waals surface area contributed by atoms with Crippen LogP contribution >= 0.6 is 15.9 Å². The average molecular weight is 282 g/mol. The zero-order valence-corrected chi connectivity index (χ0v) is 11.5. The first-order valence-corrected chi connectivity index (χ1v) is 6.25. The molecule has 1 fully saturated rings. The van der Waals surface area contributed by atoms with E-state index in [1.54, 1.807) is 0 Å². The Morgan fingerprint density at radius 2 is 2.06 bits per heavy atom. The first kappa shape index (κ1) is 11.6. The highest BCUT2D eigenvalue weighted by atomic mass is 79.9. The van der Waals surface area contributed by atoms with Gasteiger partial charge in [0.25, 0.3) is 0 Å². The number of hydrogen-bond donors (Lipinski definition) is 0. The topological polar surface area (TPSA) is 20.3 Å². The van der Waals surface area contributed by atoms with Crippen molar-refractivity contribution in [2.75, 3.05) is 11.4 Å². The summed E-state index contributed by atoms with van der Waals surface area (Å²) >= 11 is 3.46. The molecule has 0 amide bonds. The van der Waals surface area contributed by atoms with Crippen molar-refractivity contribution in [2.45, 2.75) is 32.7 Å². The number of nitrogens with zero attached hydrogens (tertiary/aromatic N) is 1. The van der Waals surface area contributed by atoms with Crippen molar-refractivity contribution in [2.24, 2.45) is 0 Å². The highest BCUT2D eigenvalue weighted by Gasteiger charge is 2.37. The number of benzene rings is 1. The van der Waals surface area contributed by atoms with Crippen molar-refractivity contribution in [3.8, 4) is 0 Å². The van der Waals surface area contributed by atoms with Gasteiger partial charge in [-0.2, -0.15) is 0 Å². The zero-order chi connectivity index (χ0) is 11.9. The maximum absolute atomic E-state index is 11.6. The number of Topliss-reactive ketones (excluding diaryl/α,β-unsaturated/α-hetero) is 1. The van der Waals surface area contributed by atoms with E-state index in [1.165, 1.54) is 11.3 Å². The molecule has 0 saturated carbocycles. The Morgan fingerprint density at radius 1 is 1.38 bits per heavy atom. The van der Waals surface area contributed by atoms with Crippen LogP contribution in [0.5, 0.6) is 0 Å². The Balaban J connectivity index is 2.41. The predicted molar refractivity (Wildman–Crippen MR) is 69.9 cm³/mol. The van der Waals surface area contributed by atoms with Gasteiger partial charge in [0.05, 0.1) is 6.54 Å². The van der Waals surface area contributed by atoms with Gasteiger partial charge < -0.3 is 4.90 Å². The van der Waals surface area contributed by atoms with E-state index in [0.717, 1.165) is 4.47 Å². The summed E-state index contributed by atoms with van der Waals surface area (Å²) in [6, 6.07) is 6.20. The Kier molecular flexibility index (Phi) is 2.82. The summed E-state index contributed by atoms with van der Waals surface area (Å²) in [5.41, 5.74) is 2.31. The second-order valence-electron chi connectivity index (χ2n) is 5.04. The van der Waals surface area contributed by atoms with E-state index in [4.69, 9.17) is 0 Å². The molecule has 1 heterocycles. The lowest BCUT2D eigenvalue weighted by Crippen LogP contribution is -2.38. The van der Waals surface area contributed by atoms with Crippen LogP contribution < -0.4 is 4.90 Å². The van der Waals surface area contributed by atoms with Crippen LogP contribution in [0, 0.1) is 6.92 Å². The molecular weight excluding hydrogens is 266 g/mol. The summed E-state index contributed by atoms with van der Waals surface area (Å²) < 4.78 is 1.08. The molecule has 0 unspecified atom stereocenters. The van der Waals surface area contributed by atoms with Crippen LogP contribution in [0.1, 0.15) is 25.8 Å². The largest absolute Gasteiger partial charge is 0.358 e. The minimum Gasteiger partial charge on any atom is -0.358 e. The van der Waals surface area contributed by atoms with E-state index in [9.17, 15) is 4.79 Å². The monoisotopic (exact) mass is 281 g/mol. The molecule has 1 aromatic carbocycles. The molecule has 2 rings (SSSR count). The van der Waals surface area contributed by atoms with E-state index in [-0.39, 0.29) is 5.54 Å². The molecule has 86 valence electrons. The van der Waals surface area contributed by atoms with Gasteiger partial charge in [-0.1, -0.05) is 15.9 Å². The van der Waals surface area contributed by atoms with Crippen molar-refractivity contribution in [1.82, 2.24) is 0 Å². The number of rotatable bonds is 1. The van der Waals surface area contributed by atoms with Gasteiger partial charge in [-0.15, -0.1) is 0 Å². The molecule has 1 aromatic rings. The molecular formula is C13H16BrNO.